The Kier molecular flexibility index (Phi) is 7.47. The number of hydrogen-bond donors (Lipinski definition) is 1. The number of carbonyl (C=O) groups is 2. The molecule has 31 heavy (non-hydrogen) atoms. The van der Waals surface area contributed by atoms with E-state index in [0.717, 1.165) is 45.7 Å². The van der Waals surface area contributed by atoms with Crippen molar-refractivity contribution in [3.05, 3.63) is 24.3 Å². The number of rotatable bonds is 6. The van der Waals surface area contributed by atoms with Gasteiger partial charge in [0.25, 0.3) is 5.91 Å². The van der Waals surface area contributed by atoms with Crippen molar-refractivity contribution in [2.24, 2.45) is 0 Å². The number of carbonyl (C=O) groups excluding carboxylic acids is 2. The van der Waals surface area contributed by atoms with Crippen LogP contribution >= 0.6 is 0 Å². The minimum absolute atomic E-state index is 0.0758. The van der Waals surface area contributed by atoms with Gasteiger partial charge in [0.2, 0.25) is 5.91 Å². The van der Waals surface area contributed by atoms with Gasteiger partial charge in [-0.1, -0.05) is 19.3 Å². The molecule has 1 aliphatic carbocycles. The van der Waals surface area contributed by atoms with Crippen LogP contribution in [-0.4, -0.2) is 108 Å². The molecule has 3 heterocycles. The van der Waals surface area contributed by atoms with Gasteiger partial charge in [-0.05, 0) is 12.8 Å². The van der Waals surface area contributed by atoms with Gasteiger partial charge < -0.3 is 15.0 Å². The van der Waals surface area contributed by atoms with Crippen LogP contribution in [0.4, 0.5) is 0 Å². The van der Waals surface area contributed by atoms with E-state index in [1.165, 1.54) is 31.7 Å². The third kappa shape index (κ3) is 5.58. The second-order valence-electron chi connectivity index (χ2n) is 8.82. The Morgan fingerprint density at radius 3 is 2.42 bits per heavy atom. The Labute approximate surface area is 184 Å². The molecule has 1 aromatic rings. The van der Waals surface area contributed by atoms with Crippen molar-refractivity contribution in [2.45, 2.75) is 37.6 Å². The molecule has 2 saturated heterocycles. The molecule has 0 radical (unpaired) electrons. The van der Waals surface area contributed by atoms with Crippen LogP contribution in [0.5, 0.6) is 0 Å². The van der Waals surface area contributed by atoms with E-state index in [1.54, 1.807) is 11.1 Å². The number of ether oxygens (including phenoxy) is 1. The minimum Gasteiger partial charge on any atom is -0.379 e. The van der Waals surface area contributed by atoms with Crippen LogP contribution in [0, 0.1) is 0 Å². The molecule has 3 aliphatic rings. The Morgan fingerprint density at radius 2 is 1.74 bits per heavy atom. The topological polar surface area (TPSA) is 90.9 Å². The number of piperazine rings is 1. The third-order valence-electron chi connectivity index (χ3n) is 6.89. The minimum atomic E-state index is -0.0954. The first-order valence-corrected chi connectivity index (χ1v) is 11.5. The van der Waals surface area contributed by atoms with E-state index < -0.39 is 0 Å². The van der Waals surface area contributed by atoms with E-state index in [1.807, 2.05) is 0 Å². The summed E-state index contributed by atoms with van der Waals surface area (Å²) < 4.78 is 5.54. The summed E-state index contributed by atoms with van der Waals surface area (Å²) in [5.41, 5.74) is 0.453. The van der Waals surface area contributed by atoms with E-state index >= 15 is 0 Å². The number of hydrogen-bond acceptors (Lipinski definition) is 7. The van der Waals surface area contributed by atoms with Crippen molar-refractivity contribution in [1.29, 1.82) is 0 Å². The highest BCUT2D eigenvalue weighted by Gasteiger charge is 2.39. The molecule has 4 rings (SSSR count). The van der Waals surface area contributed by atoms with Gasteiger partial charge in [0.05, 0.1) is 26.0 Å². The van der Waals surface area contributed by atoms with Crippen molar-refractivity contribution in [3.63, 3.8) is 0 Å². The zero-order valence-corrected chi connectivity index (χ0v) is 18.3. The Balaban J connectivity index is 1.24. The van der Waals surface area contributed by atoms with Crippen molar-refractivity contribution in [2.75, 3.05) is 65.6 Å². The second kappa shape index (κ2) is 10.5. The first-order chi connectivity index (χ1) is 15.2. The lowest BCUT2D eigenvalue weighted by Crippen LogP contribution is -2.60. The van der Waals surface area contributed by atoms with Crippen LogP contribution in [0.3, 0.4) is 0 Å². The molecule has 170 valence electrons. The van der Waals surface area contributed by atoms with E-state index in [-0.39, 0.29) is 17.4 Å². The maximum Gasteiger partial charge on any atom is 0.274 e. The fourth-order valence-corrected chi connectivity index (χ4v) is 5.06. The zero-order chi connectivity index (χ0) is 21.5. The molecule has 0 atom stereocenters. The van der Waals surface area contributed by atoms with Gasteiger partial charge in [0.15, 0.2) is 0 Å². The molecular formula is C22H34N6O3. The zero-order valence-electron chi connectivity index (χ0n) is 18.3. The summed E-state index contributed by atoms with van der Waals surface area (Å²) >= 11 is 0. The summed E-state index contributed by atoms with van der Waals surface area (Å²) in [5.74, 6) is -0.0196. The monoisotopic (exact) mass is 430 g/mol. The van der Waals surface area contributed by atoms with E-state index in [2.05, 4.69) is 25.1 Å². The highest BCUT2D eigenvalue weighted by atomic mass is 16.5. The van der Waals surface area contributed by atoms with Crippen LogP contribution in [0.25, 0.3) is 0 Å². The SMILES string of the molecule is O=C(CN1CCN(C(=O)c2cnccn2)CC1)NCC1(N2CCOCC2)CCCCC1. The van der Waals surface area contributed by atoms with Crippen LogP contribution in [-0.2, 0) is 9.53 Å². The Hall–Kier alpha value is -2.10. The molecule has 0 bridgehead atoms. The molecule has 9 nitrogen and oxygen atoms in total. The molecule has 9 heteroatoms. The van der Waals surface area contributed by atoms with Gasteiger partial charge in [-0.2, -0.15) is 0 Å². The van der Waals surface area contributed by atoms with Crippen molar-refractivity contribution < 1.29 is 14.3 Å². The van der Waals surface area contributed by atoms with Gasteiger partial charge in [0.1, 0.15) is 5.69 Å². The summed E-state index contributed by atoms with van der Waals surface area (Å²) in [4.78, 5) is 39.7. The number of nitrogens with zero attached hydrogens (tertiary/aromatic N) is 5. The molecule has 1 saturated carbocycles. The summed E-state index contributed by atoms with van der Waals surface area (Å²) in [7, 11) is 0. The maximum atomic E-state index is 12.7. The van der Waals surface area contributed by atoms with E-state index in [9.17, 15) is 9.59 Å². The largest absolute Gasteiger partial charge is 0.379 e. The predicted octanol–water partition coefficient (Wildman–Crippen LogP) is 0.386. The standard InChI is InChI=1S/C22H34N6O3/c29-20(25-18-22(4-2-1-3-5-22)28-12-14-31-15-13-28)17-26-8-10-27(11-9-26)21(30)19-16-23-6-7-24-19/h6-7,16H,1-5,8-15,17-18H2,(H,25,29). The van der Waals surface area contributed by atoms with Crippen LogP contribution < -0.4 is 5.32 Å². The van der Waals surface area contributed by atoms with Gasteiger partial charge in [-0.25, -0.2) is 4.98 Å². The van der Waals surface area contributed by atoms with Gasteiger partial charge in [-0.15, -0.1) is 0 Å². The summed E-state index contributed by atoms with van der Waals surface area (Å²) in [6.45, 7) is 7.15. The molecule has 1 aromatic heterocycles. The second-order valence-corrected chi connectivity index (χ2v) is 8.82. The lowest BCUT2D eigenvalue weighted by atomic mass is 9.79. The summed E-state index contributed by atoms with van der Waals surface area (Å²) in [6, 6.07) is 0. The van der Waals surface area contributed by atoms with Crippen LogP contribution in [0.2, 0.25) is 0 Å². The van der Waals surface area contributed by atoms with Gasteiger partial charge in [-0.3, -0.25) is 24.4 Å². The smallest absolute Gasteiger partial charge is 0.274 e. The molecule has 2 amide bonds. The molecular weight excluding hydrogens is 396 g/mol. The van der Waals surface area contributed by atoms with E-state index in [4.69, 9.17) is 4.74 Å². The summed E-state index contributed by atoms with van der Waals surface area (Å²) in [6.07, 6.45) is 10.6. The maximum absolute atomic E-state index is 12.7. The van der Waals surface area contributed by atoms with Crippen LogP contribution in [0.1, 0.15) is 42.6 Å². The highest BCUT2D eigenvalue weighted by Crippen LogP contribution is 2.33. The van der Waals surface area contributed by atoms with Gasteiger partial charge >= 0.3 is 0 Å². The van der Waals surface area contributed by atoms with Crippen LogP contribution in [0.15, 0.2) is 18.6 Å². The molecule has 0 aromatic carbocycles. The Morgan fingerprint density at radius 1 is 1.00 bits per heavy atom. The highest BCUT2D eigenvalue weighted by molar-refractivity contribution is 5.92. The first kappa shape index (κ1) is 22.1. The predicted molar refractivity (Wildman–Crippen MR) is 116 cm³/mol. The number of nitrogens with one attached hydrogen (secondary N) is 1. The lowest BCUT2D eigenvalue weighted by molar-refractivity contribution is -0.123. The number of morpholine rings is 1. The molecule has 1 N–H and O–H groups in total. The normalized spacial score (nSPS) is 22.8. The Bertz CT molecular complexity index is 726. The fourth-order valence-electron chi connectivity index (χ4n) is 5.06. The third-order valence-corrected chi connectivity index (χ3v) is 6.89. The average molecular weight is 431 g/mol. The van der Waals surface area contributed by atoms with Crippen molar-refractivity contribution in [1.82, 2.24) is 30.0 Å². The molecule has 3 fully saturated rings. The molecule has 0 unspecified atom stereocenters. The number of amides is 2. The molecule has 2 aliphatic heterocycles. The fraction of sp³-hybridized carbons (Fsp3) is 0.727. The van der Waals surface area contributed by atoms with Crippen molar-refractivity contribution >= 4 is 11.8 Å². The first-order valence-electron chi connectivity index (χ1n) is 11.5. The average Bonchev–Trinajstić information content (AvgIpc) is 2.84. The van der Waals surface area contributed by atoms with Crippen molar-refractivity contribution in [3.8, 4) is 0 Å². The number of aromatic nitrogens is 2. The van der Waals surface area contributed by atoms with Gasteiger partial charge in [0, 0.05) is 63.7 Å². The lowest BCUT2D eigenvalue weighted by Gasteiger charge is -2.48. The quantitative estimate of drug-likeness (QED) is 0.698. The van der Waals surface area contributed by atoms with E-state index in [0.29, 0.717) is 38.4 Å². The summed E-state index contributed by atoms with van der Waals surface area (Å²) in [5, 5.41) is 3.24. The molecule has 0 spiro atoms.